The highest BCUT2D eigenvalue weighted by molar-refractivity contribution is 8.03. The zero-order valence-corrected chi connectivity index (χ0v) is 10.2. The van der Waals surface area contributed by atoms with Crippen molar-refractivity contribution in [3.05, 3.63) is 11.0 Å². The van der Waals surface area contributed by atoms with Gasteiger partial charge in [0.1, 0.15) is 0 Å². The van der Waals surface area contributed by atoms with Crippen LogP contribution in [0.15, 0.2) is 11.0 Å². The molecule has 0 spiro atoms. The molecule has 0 aliphatic rings. The van der Waals surface area contributed by atoms with E-state index in [4.69, 9.17) is 21.2 Å². The summed E-state index contributed by atoms with van der Waals surface area (Å²) in [6, 6.07) is 1.05. The highest BCUT2D eigenvalue weighted by Crippen LogP contribution is 2.30. The number of nitrogens with two attached hydrogens (primary N) is 1. The van der Waals surface area contributed by atoms with Crippen LogP contribution in [0.1, 0.15) is 20.3 Å². The van der Waals surface area contributed by atoms with Gasteiger partial charge >= 0.3 is 0 Å². The second-order valence-corrected chi connectivity index (χ2v) is 4.72. The number of nitriles is 1. The minimum atomic E-state index is -1.59. The van der Waals surface area contributed by atoms with E-state index < -0.39 is 17.9 Å². The van der Waals surface area contributed by atoms with Gasteiger partial charge in [0.05, 0.1) is 17.7 Å². The minimum Gasteiger partial charge on any atom is -0.385 e. The zero-order chi connectivity index (χ0) is 12.8. The Bertz CT molecular complexity index is 284. The molecule has 0 fully saturated rings. The maximum atomic E-state index is 9.96. The lowest BCUT2D eigenvalue weighted by molar-refractivity contribution is -0.0527. The van der Waals surface area contributed by atoms with Gasteiger partial charge in [0.15, 0.2) is 6.29 Å². The Hall–Kier alpha value is -0.580. The molecular formula is C10H18N2O3S. The van der Waals surface area contributed by atoms with Gasteiger partial charge in [-0.25, -0.2) is 0 Å². The van der Waals surface area contributed by atoms with Crippen LogP contribution in [0.4, 0.5) is 0 Å². The Morgan fingerprint density at radius 2 is 2.19 bits per heavy atom. The number of hydrogen-bond donors (Lipinski definition) is 4. The number of nitrogens with zero attached hydrogens (tertiary/aromatic N) is 1. The number of aliphatic hydroxyl groups excluding tert-OH is 1. The van der Waals surface area contributed by atoms with Crippen LogP contribution in [-0.4, -0.2) is 39.0 Å². The highest BCUT2D eigenvalue weighted by Gasteiger charge is 2.25. The van der Waals surface area contributed by atoms with E-state index >= 15 is 0 Å². The molecule has 0 bridgehead atoms. The van der Waals surface area contributed by atoms with Crippen molar-refractivity contribution >= 4 is 11.8 Å². The first kappa shape index (κ1) is 15.4. The van der Waals surface area contributed by atoms with Gasteiger partial charge in [0, 0.05) is 16.7 Å². The minimum absolute atomic E-state index is 0.224. The molecule has 0 aromatic carbocycles. The molecule has 0 amide bonds. The first-order chi connectivity index (χ1) is 7.35. The van der Waals surface area contributed by atoms with Gasteiger partial charge < -0.3 is 21.1 Å². The molecule has 16 heavy (non-hydrogen) atoms. The normalized spacial score (nSPS) is 18.0. The van der Waals surface area contributed by atoms with Crippen molar-refractivity contribution in [2.24, 2.45) is 5.73 Å². The van der Waals surface area contributed by atoms with E-state index in [1.54, 1.807) is 13.8 Å². The van der Waals surface area contributed by atoms with E-state index in [0.29, 0.717) is 11.3 Å². The molecule has 0 saturated carbocycles. The lowest BCUT2D eigenvalue weighted by atomic mass is 10.0. The van der Waals surface area contributed by atoms with Crippen molar-refractivity contribution in [1.29, 1.82) is 5.26 Å². The van der Waals surface area contributed by atoms with Crippen molar-refractivity contribution in [2.75, 3.05) is 5.75 Å². The Morgan fingerprint density at radius 3 is 2.56 bits per heavy atom. The first-order valence-electron chi connectivity index (χ1n) is 4.92. The number of allylic oxidation sites excluding steroid dienone is 1. The molecular weight excluding hydrogens is 228 g/mol. The maximum absolute atomic E-state index is 9.96. The van der Waals surface area contributed by atoms with Gasteiger partial charge in [0.2, 0.25) is 0 Å². The zero-order valence-electron chi connectivity index (χ0n) is 9.42. The second kappa shape index (κ2) is 6.89. The summed E-state index contributed by atoms with van der Waals surface area (Å²) in [6.45, 7) is 3.40. The summed E-state index contributed by atoms with van der Waals surface area (Å²) in [7, 11) is 0. The fraction of sp³-hybridized carbons (Fsp3) is 0.700. The average Bonchev–Trinajstić information content (AvgIpc) is 2.23. The standard InChI is InChI=1S/C10H18N2O3S/c1-3-10(2,15)8(4-5-11)16-6-7(12)9(13)14/h4,7,9,13-15H,3,6,12H2,1-2H3/b8-4-/t7-,10?/m0/s1. The average molecular weight is 246 g/mol. The highest BCUT2D eigenvalue weighted by atomic mass is 32.2. The molecule has 0 saturated heterocycles. The number of aliphatic hydroxyl groups is 3. The summed E-state index contributed by atoms with van der Waals surface area (Å²) in [6.07, 6.45) is 0.122. The molecule has 2 atom stereocenters. The summed E-state index contributed by atoms with van der Waals surface area (Å²) in [4.78, 5) is 0.480. The second-order valence-electron chi connectivity index (χ2n) is 3.65. The molecule has 0 aliphatic heterocycles. The monoisotopic (exact) mass is 246 g/mol. The van der Waals surface area contributed by atoms with Crippen molar-refractivity contribution in [3.63, 3.8) is 0 Å². The molecule has 0 heterocycles. The van der Waals surface area contributed by atoms with Crippen molar-refractivity contribution < 1.29 is 15.3 Å². The van der Waals surface area contributed by atoms with E-state index in [9.17, 15) is 5.11 Å². The van der Waals surface area contributed by atoms with Crippen LogP contribution in [0.2, 0.25) is 0 Å². The van der Waals surface area contributed by atoms with E-state index in [-0.39, 0.29) is 5.75 Å². The van der Waals surface area contributed by atoms with Crippen molar-refractivity contribution in [3.8, 4) is 6.07 Å². The lowest BCUT2D eigenvalue weighted by Crippen LogP contribution is -2.37. The number of thioether (sulfide) groups is 1. The van der Waals surface area contributed by atoms with Gasteiger partial charge in [-0.05, 0) is 13.3 Å². The quantitative estimate of drug-likeness (QED) is 0.385. The van der Waals surface area contributed by atoms with Crippen LogP contribution < -0.4 is 5.73 Å². The van der Waals surface area contributed by atoms with Gasteiger partial charge in [-0.3, -0.25) is 0 Å². The Morgan fingerprint density at radius 1 is 1.62 bits per heavy atom. The Kier molecular flexibility index (Phi) is 6.64. The molecule has 0 aromatic heterocycles. The number of rotatable bonds is 6. The Balaban J connectivity index is 4.51. The van der Waals surface area contributed by atoms with E-state index in [2.05, 4.69) is 0 Å². The fourth-order valence-corrected chi connectivity index (χ4v) is 1.99. The maximum Gasteiger partial charge on any atom is 0.167 e. The summed E-state index contributed by atoms with van der Waals surface area (Å²) in [5.74, 6) is 0.224. The third-order valence-corrected chi connectivity index (χ3v) is 3.65. The Labute approximate surface area is 99.6 Å². The lowest BCUT2D eigenvalue weighted by Gasteiger charge is -2.25. The molecule has 0 aromatic rings. The van der Waals surface area contributed by atoms with Gasteiger partial charge in [-0.1, -0.05) is 6.92 Å². The van der Waals surface area contributed by atoms with Crippen molar-refractivity contribution in [1.82, 2.24) is 0 Å². The summed E-state index contributed by atoms with van der Waals surface area (Å²) >= 11 is 1.16. The van der Waals surface area contributed by atoms with E-state index in [1.807, 2.05) is 6.07 Å². The van der Waals surface area contributed by atoms with Gasteiger partial charge in [-0.15, -0.1) is 11.8 Å². The topological polar surface area (TPSA) is 110 Å². The molecule has 0 aliphatic carbocycles. The molecule has 5 nitrogen and oxygen atoms in total. The van der Waals surface area contributed by atoms with Crippen LogP contribution in [0.3, 0.4) is 0 Å². The summed E-state index contributed by atoms with van der Waals surface area (Å²) < 4.78 is 0. The van der Waals surface area contributed by atoms with Crippen LogP contribution in [-0.2, 0) is 0 Å². The molecule has 1 unspecified atom stereocenters. The van der Waals surface area contributed by atoms with Crippen LogP contribution >= 0.6 is 11.8 Å². The summed E-state index contributed by atoms with van der Waals surface area (Å²) in [5, 5.41) is 36.1. The molecule has 92 valence electrons. The predicted molar refractivity (Wildman–Crippen MR) is 63.3 cm³/mol. The third-order valence-electron chi connectivity index (χ3n) is 2.23. The first-order valence-corrected chi connectivity index (χ1v) is 5.90. The third kappa shape index (κ3) is 4.96. The van der Waals surface area contributed by atoms with Gasteiger partial charge in [0.25, 0.3) is 0 Å². The fourth-order valence-electron chi connectivity index (χ4n) is 0.858. The number of hydrogen-bond acceptors (Lipinski definition) is 6. The summed E-state index contributed by atoms with van der Waals surface area (Å²) in [5.41, 5.74) is 4.35. The predicted octanol–water partition coefficient (Wildman–Crippen LogP) is -0.0739. The smallest absolute Gasteiger partial charge is 0.167 e. The van der Waals surface area contributed by atoms with Crippen LogP contribution in [0.5, 0.6) is 0 Å². The molecule has 5 N–H and O–H groups in total. The van der Waals surface area contributed by atoms with E-state index in [1.165, 1.54) is 6.08 Å². The van der Waals surface area contributed by atoms with Crippen LogP contribution in [0.25, 0.3) is 0 Å². The van der Waals surface area contributed by atoms with E-state index in [0.717, 1.165) is 11.8 Å². The van der Waals surface area contributed by atoms with Crippen molar-refractivity contribution in [2.45, 2.75) is 38.2 Å². The molecule has 0 rings (SSSR count). The molecule has 6 heteroatoms. The molecule has 0 radical (unpaired) electrons. The van der Waals surface area contributed by atoms with Crippen LogP contribution in [0, 0.1) is 11.3 Å². The van der Waals surface area contributed by atoms with Gasteiger partial charge in [-0.2, -0.15) is 5.26 Å². The largest absolute Gasteiger partial charge is 0.385 e. The SMILES string of the molecule is CCC(C)(O)/C(=C/C#N)SC[C@H](N)C(O)O.